The van der Waals surface area contributed by atoms with Crippen molar-refractivity contribution in [2.75, 3.05) is 11.9 Å². The molecule has 0 amide bonds. The maximum absolute atomic E-state index is 4.62. The zero-order valence-electron chi connectivity index (χ0n) is 12.1. The summed E-state index contributed by atoms with van der Waals surface area (Å²) < 4.78 is 1.79. The van der Waals surface area contributed by atoms with Crippen molar-refractivity contribution < 1.29 is 0 Å². The van der Waals surface area contributed by atoms with E-state index in [0.717, 1.165) is 48.0 Å². The van der Waals surface area contributed by atoms with Gasteiger partial charge in [0.2, 0.25) is 0 Å². The third-order valence-electron chi connectivity index (χ3n) is 3.01. The summed E-state index contributed by atoms with van der Waals surface area (Å²) in [6.45, 7) is 7.17. The molecule has 0 aromatic carbocycles. The summed E-state index contributed by atoms with van der Waals surface area (Å²) in [5.74, 6) is 1.78. The first-order valence-corrected chi connectivity index (χ1v) is 6.77. The molecule has 2 heterocycles. The SMILES string of the molecule is CCCNc1nc(CC)nc(-c2ccn(C)n2)c1C. The van der Waals surface area contributed by atoms with E-state index in [0.29, 0.717) is 0 Å². The Morgan fingerprint density at radius 2 is 2.05 bits per heavy atom. The topological polar surface area (TPSA) is 55.6 Å². The van der Waals surface area contributed by atoms with Gasteiger partial charge in [-0.2, -0.15) is 5.10 Å². The summed E-state index contributed by atoms with van der Waals surface area (Å²) in [6.07, 6.45) is 3.83. The van der Waals surface area contributed by atoms with E-state index in [2.05, 4.69) is 34.2 Å². The van der Waals surface area contributed by atoms with Crippen LogP contribution in [0.3, 0.4) is 0 Å². The molecule has 0 aliphatic heterocycles. The van der Waals surface area contributed by atoms with Crippen molar-refractivity contribution in [2.45, 2.75) is 33.6 Å². The fourth-order valence-electron chi connectivity index (χ4n) is 1.93. The Hall–Kier alpha value is -1.91. The number of nitrogens with one attached hydrogen (secondary N) is 1. The number of aryl methyl sites for hydroxylation is 2. The fourth-order valence-corrected chi connectivity index (χ4v) is 1.93. The highest BCUT2D eigenvalue weighted by molar-refractivity contribution is 5.65. The normalized spacial score (nSPS) is 10.7. The van der Waals surface area contributed by atoms with Gasteiger partial charge in [0.1, 0.15) is 17.3 Å². The Labute approximate surface area is 114 Å². The fraction of sp³-hybridized carbons (Fsp3) is 0.500. The molecule has 1 N–H and O–H groups in total. The standard InChI is InChI=1S/C14H21N5/c1-5-8-15-14-10(3)13(16-12(6-2)17-14)11-7-9-19(4)18-11/h7,9H,5-6,8H2,1-4H3,(H,15,16,17). The Morgan fingerprint density at radius 3 is 2.63 bits per heavy atom. The van der Waals surface area contributed by atoms with Crippen LogP contribution in [0.4, 0.5) is 5.82 Å². The molecule has 102 valence electrons. The Morgan fingerprint density at radius 1 is 1.26 bits per heavy atom. The second-order valence-corrected chi connectivity index (χ2v) is 4.62. The molecular formula is C14H21N5. The van der Waals surface area contributed by atoms with Gasteiger partial charge >= 0.3 is 0 Å². The van der Waals surface area contributed by atoms with E-state index in [1.165, 1.54) is 0 Å². The molecule has 5 nitrogen and oxygen atoms in total. The summed E-state index contributed by atoms with van der Waals surface area (Å²) in [5, 5.41) is 7.81. The first kappa shape index (κ1) is 13.5. The average Bonchev–Trinajstić information content (AvgIpc) is 2.84. The van der Waals surface area contributed by atoms with Gasteiger partial charge in [-0.3, -0.25) is 4.68 Å². The van der Waals surface area contributed by atoms with Crippen LogP contribution in [0, 0.1) is 6.92 Å². The van der Waals surface area contributed by atoms with E-state index >= 15 is 0 Å². The molecule has 0 spiro atoms. The maximum Gasteiger partial charge on any atom is 0.133 e. The maximum atomic E-state index is 4.62. The van der Waals surface area contributed by atoms with E-state index < -0.39 is 0 Å². The zero-order valence-corrected chi connectivity index (χ0v) is 12.1. The lowest BCUT2D eigenvalue weighted by Gasteiger charge is -2.12. The Balaban J connectivity index is 2.47. The summed E-state index contributed by atoms with van der Waals surface area (Å²) in [4.78, 5) is 9.18. The van der Waals surface area contributed by atoms with E-state index in [9.17, 15) is 0 Å². The molecule has 0 fully saturated rings. The molecule has 0 saturated carbocycles. The quantitative estimate of drug-likeness (QED) is 0.896. The molecule has 0 radical (unpaired) electrons. The molecule has 0 aliphatic rings. The number of nitrogens with zero attached hydrogens (tertiary/aromatic N) is 4. The number of aromatic nitrogens is 4. The molecular weight excluding hydrogens is 238 g/mol. The number of hydrogen-bond acceptors (Lipinski definition) is 4. The molecule has 2 rings (SSSR count). The summed E-state index contributed by atoms with van der Waals surface area (Å²) >= 11 is 0. The van der Waals surface area contributed by atoms with E-state index in [1.807, 2.05) is 26.2 Å². The van der Waals surface area contributed by atoms with Gasteiger partial charge in [-0.1, -0.05) is 13.8 Å². The second kappa shape index (κ2) is 5.82. The Kier molecular flexibility index (Phi) is 4.14. The molecule has 2 aromatic rings. The first-order valence-electron chi connectivity index (χ1n) is 6.77. The van der Waals surface area contributed by atoms with Crippen LogP contribution in [0.5, 0.6) is 0 Å². The van der Waals surface area contributed by atoms with Crippen molar-refractivity contribution in [3.63, 3.8) is 0 Å². The molecule has 0 aliphatic carbocycles. The van der Waals surface area contributed by atoms with Crippen molar-refractivity contribution >= 4 is 5.82 Å². The molecule has 0 atom stereocenters. The number of rotatable bonds is 5. The third kappa shape index (κ3) is 2.92. The van der Waals surface area contributed by atoms with Gasteiger partial charge in [0.15, 0.2) is 0 Å². The minimum absolute atomic E-state index is 0.820. The van der Waals surface area contributed by atoms with Crippen LogP contribution in [0.15, 0.2) is 12.3 Å². The van der Waals surface area contributed by atoms with Gasteiger partial charge in [-0.05, 0) is 19.4 Å². The lowest BCUT2D eigenvalue weighted by molar-refractivity contribution is 0.768. The van der Waals surface area contributed by atoms with Crippen molar-refractivity contribution in [1.29, 1.82) is 0 Å². The molecule has 0 saturated heterocycles. The van der Waals surface area contributed by atoms with Crippen molar-refractivity contribution in [3.05, 3.63) is 23.7 Å². The van der Waals surface area contributed by atoms with Crippen molar-refractivity contribution in [1.82, 2.24) is 19.7 Å². The van der Waals surface area contributed by atoms with Gasteiger partial charge < -0.3 is 5.32 Å². The highest BCUT2D eigenvalue weighted by atomic mass is 15.3. The highest BCUT2D eigenvalue weighted by Gasteiger charge is 2.13. The van der Waals surface area contributed by atoms with Crippen molar-refractivity contribution in [3.8, 4) is 11.4 Å². The predicted octanol–water partition coefficient (Wildman–Crippen LogP) is 2.57. The predicted molar refractivity (Wildman–Crippen MR) is 77.1 cm³/mol. The lowest BCUT2D eigenvalue weighted by atomic mass is 10.1. The lowest BCUT2D eigenvalue weighted by Crippen LogP contribution is -2.09. The second-order valence-electron chi connectivity index (χ2n) is 4.62. The van der Waals surface area contributed by atoms with Crippen LogP contribution in [0.25, 0.3) is 11.4 Å². The highest BCUT2D eigenvalue weighted by Crippen LogP contribution is 2.24. The summed E-state index contributed by atoms with van der Waals surface area (Å²) in [5.41, 5.74) is 2.88. The van der Waals surface area contributed by atoms with E-state index in [-0.39, 0.29) is 0 Å². The average molecular weight is 259 g/mol. The first-order chi connectivity index (χ1) is 9.15. The van der Waals surface area contributed by atoms with Gasteiger partial charge in [-0.25, -0.2) is 9.97 Å². The van der Waals surface area contributed by atoms with E-state index in [4.69, 9.17) is 0 Å². The molecule has 19 heavy (non-hydrogen) atoms. The summed E-state index contributed by atoms with van der Waals surface area (Å²) in [6, 6.07) is 1.98. The minimum Gasteiger partial charge on any atom is -0.370 e. The van der Waals surface area contributed by atoms with Crippen LogP contribution in [-0.2, 0) is 13.5 Å². The van der Waals surface area contributed by atoms with E-state index in [1.54, 1.807) is 4.68 Å². The van der Waals surface area contributed by atoms with Crippen LogP contribution in [0.1, 0.15) is 31.7 Å². The van der Waals surface area contributed by atoms with Crippen LogP contribution < -0.4 is 5.32 Å². The van der Waals surface area contributed by atoms with Gasteiger partial charge in [-0.15, -0.1) is 0 Å². The molecule has 0 bridgehead atoms. The Bertz CT molecular complexity index is 559. The largest absolute Gasteiger partial charge is 0.370 e. The van der Waals surface area contributed by atoms with Crippen LogP contribution >= 0.6 is 0 Å². The monoisotopic (exact) mass is 259 g/mol. The van der Waals surface area contributed by atoms with Gasteiger partial charge in [0.25, 0.3) is 0 Å². The van der Waals surface area contributed by atoms with Crippen LogP contribution in [0.2, 0.25) is 0 Å². The van der Waals surface area contributed by atoms with Crippen LogP contribution in [-0.4, -0.2) is 26.3 Å². The smallest absolute Gasteiger partial charge is 0.133 e. The van der Waals surface area contributed by atoms with Gasteiger partial charge in [0, 0.05) is 31.8 Å². The van der Waals surface area contributed by atoms with Gasteiger partial charge in [0.05, 0.1) is 5.69 Å². The zero-order chi connectivity index (χ0) is 13.8. The van der Waals surface area contributed by atoms with Crippen molar-refractivity contribution in [2.24, 2.45) is 7.05 Å². The molecule has 2 aromatic heterocycles. The summed E-state index contributed by atoms with van der Waals surface area (Å²) in [7, 11) is 1.91. The third-order valence-corrected chi connectivity index (χ3v) is 3.01. The number of anilines is 1. The molecule has 5 heteroatoms. The minimum atomic E-state index is 0.820. The molecule has 0 unspecified atom stereocenters. The number of hydrogen-bond donors (Lipinski definition) is 1.